The van der Waals surface area contributed by atoms with Crippen molar-refractivity contribution in [2.45, 2.75) is 19.1 Å². The van der Waals surface area contributed by atoms with Gasteiger partial charge in [0.1, 0.15) is 6.23 Å². The second-order valence-corrected chi connectivity index (χ2v) is 3.11. The van der Waals surface area contributed by atoms with Crippen LogP contribution in [0.5, 0.6) is 0 Å². The molecule has 5 nitrogen and oxygen atoms in total. The van der Waals surface area contributed by atoms with Gasteiger partial charge in [-0.25, -0.2) is 4.79 Å². The molecule has 1 atom stereocenters. The summed E-state index contributed by atoms with van der Waals surface area (Å²) in [5.41, 5.74) is -1.63. The van der Waals surface area contributed by atoms with Gasteiger partial charge in [-0.2, -0.15) is 4.39 Å². The topological polar surface area (TPSA) is 64.1 Å². The van der Waals surface area contributed by atoms with Gasteiger partial charge in [-0.3, -0.25) is 14.3 Å². The summed E-state index contributed by atoms with van der Waals surface area (Å²) in [6.45, 7) is 0.553. The molecule has 0 amide bonds. The fourth-order valence-electron chi connectivity index (χ4n) is 1.45. The molecule has 0 unspecified atom stereocenters. The molecule has 86 valence electrons. The molecule has 0 aromatic carbocycles. The molecular formula is C8H12FN2NaO3Te. The Bertz CT molecular complexity index is 455. The SMILES string of the molecule is O=c1[nH]c(=O)n([C@H]2CCCO2)cc1F.[NaH].[TeH2]. The molecule has 1 saturated heterocycles. The van der Waals surface area contributed by atoms with Crippen LogP contribution in [0.4, 0.5) is 4.39 Å². The van der Waals surface area contributed by atoms with Gasteiger partial charge >= 0.3 is 58.9 Å². The Morgan fingerprint density at radius 3 is 2.75 bits per heavy atom. The predicted molar refractivity (Wildman–Crippen MR) is 61.2 cm³/mol. The molecule has 1 N–H and O–H groups in total. The van der Waals surface area contributed by atoms with E-state index in [1.807, 2.05) is 4.98 Å². The number of ether oxygens (including phenoxy) is 1. The van der Waals surface area contributed by atoms with Crippen LogP contribution >= 0.6 is 0 Å². The normalized spacial score (nSPS) is 18.7. The zero-order chi connectivity index (χ0) is 10.1. The average molecular weight is 354 g/mol. The summed E-state index contributed by atoms with van der Waals surface area (Å²) < 4.78 is 19.1. The van der Waals surface area contributed by atoms with Crippen molar-refractivity contribution in [2.75, 3.05) is 6.61 Å². The van der Waals surface area contributed by atoms with E-state index in [1.54, 1.807) is 0 Å². The zero-order valence-electron chi connectivity index (χ0n) is 7.83. The van der Waals surface area contributed by atoms with E-state index in [0.29, 0.717) is 13.0 Å². The van der Waals surface area contributed by atoms with Crippen molar-refractivity contribution in [1.29, 1.82) is 0 Å². The maximum atomic E-state index is 12.9. The Kier molecular flexibility index (Phi) is 7.10. The summed E-state index contributed by atoms with van der Waals surface area (Å²) in [5.74, 6) is -0.972. The Balaban J connectivity index is 0.00000112. The van der Waals surface area contributed by atoms with E-state index < -0.39 is 23.3 Å². The van der Waals surface area contributed by atoms with E-state index in [0.717, 1.165) is 17.2 Å². The number of H-pyrrole nitrogens is 1. The minimum absolute atomic E-state index is 0. The van der Waals surface area contributed by atoms with E-state index in [9.17, 15) is 14.0 Å². The number of halogens is 1. The van der Waals surface area contributed by atoms with Crippen LogP contribution in [0.3, 0.4) is 0 Å². The van der Waals surface area contributed by atoms with Crippen molar-refractivity contribution >= 4 is 53.2 Å². The van der Waals surface area contributed by atoms with Gasteiger partial charge in [0.05, 0.1) is 6.20 Å². The molecule has 0 bridgehead atoms. The van der Waals surface area contributed by atoms with Crippen LogP contribution < -0.4 is 11.2 Å². The van der Waals surface area contributed by atoms with Crippen molar-refractivity contribution in [3.05, 3.63) is 32.9 Å². The first-order chi connectivity index (χ1) is 6.68. The summed E-state index contributed by atoms with van der Waals surface area (Å²) >= 11 is 0. The molecule has 1 aromatic heterocycles. The number of rotatable bonds is 1. The van der Waals surface area contributed by atoms with Gasteiger partial charge in [0.25, 0.3) is 5.56 Å². The summed E-state index contributed by atoms with van der Waals surface area (Å²) in [6, 6.07) is 0. The van der Waals surface area contributed by atoms with Crippen LogP contribution in [0.15, 0.2) is 15.8 Å². The van der Waals surface area contributed by atoms with Gasteiger partial charge < -0.3 is 4.74 Å². The monoisotopic (exact) mass is 356 g/mol. The van der Waals surface area contributed by atoms with Gasteiger partial charge in [0, 0.05) is 6.61 Å². The summed E-state index contributed by atoms with van der Waals surface area (Å²) in [7, 11) is 0. The third-order valence-electron chi connectivity index (χ3n) is 2.14. The van der Waals surface area contributed by atoms with Crippen molar-refractivity contribution in [3.8, 4) is 0 Å². The van der Waals surface area contributed by atoms with Crippen LogP contribution in [0.25, 0.3) is 0 Å². The molecule has 0 spiro atoms. The van der Waals surface area contributed by atoms with E-state index in [1.165, 1.54) is 0 Å². The molecule has 1 aliphatic rings. The van der Waals surface area contributed by atoms with E-state index >= 15 is 0 Å². The standard InChI is InChI=1S/C8H9FN2O3.Na.H2Te.H/c9-5-4-11(6-2-1-3-14-6)8(13)10-7(5)12;;;/h4,6H,1-3H2,(H,10,12,13);;1H2;/t6-;;;/m1.../s1. The number of aromatic amines is 1. The molecule has 16 heavy (non-hydrogen) atoms. The van der Waals surface area contributed by atoms with E-state index in [2.05, 4.69) is 0 Å². The fourth-order valence-corrected chi connectivity index (χ4v) is 1.45. The van der Waals surface area contributed by atoms with Crippen molar-refractivity contribution < 1.29 is 9.13 Å². The number of aromatic nitrogens is 2. The number of hydrogen-bond donors (Lipinski definition) is 1. The first-order valence-electron chi connectivity index (χ1n) is 4.31. The van der Waals surface area contributed by atoms with Gasteiger partial charge in [-0.05, 0) is 12.8 Å². The Labute approximate surface area is 129 Å². The van der Waals surface area contributed by atoms with E-state index in [-0.39, 0.29) is 53.2 Å². The Morgan fingerprint density at radius 1 is 1.50 bits per heavy atom. The number of nitrogens with zero attached hydrogens (tertiary/aromatic N) is 1. The molecule has 8 heteroatoms. The summed E-state index contributed by atoms with van der Waals surface area (Å²) in [4.78, 5) is 23.8. The quantitative estimate of drug-likeness (QED) is 0.620. The van der Waals surface area contributed by atoms with Crippen molar-refractivity contribution in [2.24, 2.45) is 0 Å². The third kappa shape index (κ3) is 3.42. The van der Waals surface area contributed by atoms with Gasteiger partial charge in [-0.1, -0.05) is 0 Å². The Morgan fingerprint density at radius 2 is 2.19 bits per heavy atom. The van der Waals surface area contributed by atoms with Crippen LogP contribution in [0, 0.1) is 5.82 Å². The zero-order valence-corrected chi connectivity index (χ0v) is 10.7. The summed E-state index contributed by atoms with van der Waals surface area (Å²) in [6.07, 6.45) is 1.93. The van der Waals surface area contributed by atoms with Crippen LogP contribution in [-0.4, -0.2) is 69.4 Å². The Hall–Kier alpha value is 0.360. The minimum atomic E-state index is -0.996. The molecule has 1 fully saturated rings. The molecule has 1 aromatic rings. The average Bonchev–Trinajstić information content (AvgIpc) is 2.64. The van der Waals surface area contributed by atoms with Crippen molar-refractivity contribution in [1.82, 2.24) is 9.55 Å². The third-order valence-corrected chi connectivity index (χ3v) is 2.14. The van der Waals surface area contributed by atoms with E-state index in [4.69, 9.17) is 4.74 Å². The number of nitrogens with one attached hydrogen (secondary N) is 1. The summed E-state index contributed by atoms with van der Waals surface area (Å²) in [5, 5.41) is 0. The van der Waals surface area contributed by atoms with Crippen LogP contribution in [0.1, 0.15) is 19.1 Å². The molecule has 0 radical (unpaired) electrons. The first kappa shape index (κ1) is 16.4. The molecule has 1 aliphatic heterocycles. The van der Waals surface area contributed by atoms with Crippen molar-refractivity contribution in [3.63, 3.8) is 0 Å². The molecule has 0 aliphatic carbocycles. The molecule has 0 saturated carbocycles. The molecular weight excluding hydrogens is 342 g/mol. The predicted octanol–water partition coefficient (Wildman–Crippen LogP) is -1.58. The first-order valence-corrected chi connectivity index (χ1v) is 4.31. The molecule has 2 heterocycles. The van der Waals surface area contributed by atoms with Gasteiger partial charge in [0.15, 0.2) is 0 Å². The fraction of sp³-hybridized carbons (Fsp3) is 0.500. The van der Waals surface area contributed by atoms with Gasteiger partial charge in [0.2, 0.25) is 5.82 Å². The van der Waals surface area contributed by atoms with Crippen LogP contribution in [-0.2, 0) is 4.74 Å². The second-order valence-electron chi connectivity index (χ2n) is 3.11. The molecule has 2 rings (SSSR count). The van der Waals surface area contributed by atoms with Gasteiger partial charge in [-0.15, -0.1) is 0 Å². The van der Waals surface area contributed by atoms with Crippen LogP contribution in [0.2, 0.25) is 0 Å². The maximum absolute atomic E-state index is 12.9. The second kappa shape index (κ2) is 6.94. The number of hydrogen-bond acceptors (Lipinski definition) is 3.